The van der Waals surface area contributed by atoms with Crippen LogP contribution in [0.25, 0.3) is 0 Å². The van der Waals surface area contributed by atoms with Gasteiger partial charge in [0.25, 0.3) is 0 Å². The van der Waals surface area contributed by atoms with Crippen molar-refractivity contribution in [1.29, 1.82) is 0 Å². The van der Waals surface area contributed by atoms with Gasteiger partial charge in [-0.15, -0.1) is 11.3 Å². The van der Waals surface area contributed by atoms with Crippen molar-refractivity contribution < 1.29 is 17.9 Å². The van der Waals surface area contributed by atoms with Gasteiger partial charge in [-0.2, -0.15) is 0 Å². The SMILES string of the molecule is CCN1CC2(CCOCCOC)CC1c1ccsc1S2(=O)=O. The quantitative estimate of drug-likeness (QED) is 0.708. The van der Waals surface area contributed by atoms with Crippen LogP contribution in [-0.2, 0) is 19.3 Å². The normalized spacial score (nSPS) is 29.6. The van der Waals surface area contributed by atoms with Crippen LogP contribution in [0.1, 0.15) is 31.4 Å². The van der Waals surface area contributed by atoms with Gasteiger partial charge in [-0.05, 0) is 36.4 Å². The van der Waals surface area contributed by atoms with E-state index in [1.807, 2.05) is 11.4 Å². The molecule has 5 nitrogen and oxygen atoms in total. The molecule has 0 saturated carbocycles. The molecule has 0 aliphatic carbocycles. The standard InChI is InChI=1S/C15H23NO4S2/c1-3-16-11-15(5-6-20-8-7-19-2)10-13(16)12-4-9-21-14(12)22(15,17)18/h4,9,13H,3,5-8,10-11H2,1-2H3. The second-order valence-electron chi connectivity index (χ2n) is 5.99. The summed E-state index contributed by atoms with van der Waals surface area (Å²) in [5.74, 6) is 0. The molecule has 2 aliphatic rings. The Bertz CT molecular complexity index is 627. The number of fused-ring (bicyclic) bond motifs is 4. The van der Waals surface area contributed by atoms with E-state index in [2.05, 4.69) is 11.8 Å². The van der Waals surface area contributed by atoms with Gasteiger partial charge >= 0.3 is 0 Å². The zero-order valence-electron chi connectivity index (χ0n) is 13.1. The molecular weight excluding hydrogens is 322 g/mol. The van der Waals surface area contributed by atoms with Gasteiger partial charge in [0, 0.05) is 26.3 Å². The number of ether oxygens (including phenoxy) is 2. The van der Waals surface area contributed by atoms with Gasteiger partial charge in [-0.3, -0.25) is 4.90 Å². The first-order valence-electron chi connectivity index (χ1n) is 7.68. The average molecular weight is 345 g/mol. The molecule has 3 rings (SSSR count). The third kappa shape index (κ3) is 2.43. The zero-order chi connectivity index (χ0) is 15.8. The molecule has 0 spiro atoms. The fourth-order valence-electron chi connectivity index (χ4n) is 3.65. The third-order valence-electron chi connectivity index (χ3n) is 4.87. The minimum atomic E-state index is -3.28. The van der Waals surface area contributed by atoms with E-state index in [1.54, 1.807) is 7.11 Å². The third-order valence-corrected chi connectivity index (χ3v) is 8.90. The van der Waals surface area contributed by atoms with Gasteiger partial charge in [0.05, 0.1) is 18.0 Å². The van der Waals surface area contributed by atoms with Crippen molar-refractivity contribution in [2.75, 3.05) is 40.0 Å². The van der Waals surface area contributed by atoms with Gasteiger partial charge in [-0.1, -0.05) is 6.92 Å². The predicted octanol–water partition coefficient (Wildman–Crippen LogP) is 2.09. The Hall–Kier alpha value is -0.470. The highest BCUT2D eigenvalue weighted by molar-refractivity contribution is 7.95. The maximum Gasteiger partial charge on any atom is 0.195 e. The summed E-state index contributed by atoms with van der Waals surface area (Å²) in [6.07, 6.45) is 1.25. The molecule has 0 radical (unpaired) electrons. The van der Waals surface area contributed by atoms with Crippen molar-refractivity contribution in [2.45, 2.75) is 34.8 Å². The van der Waals surface area contributed by atoms with Crippen LogP contribution in [0.2, 0.25) is 0 Å². The van der Waals surface area contributed by atoms with Crippen LogP contribution in [0.4, 0.5) is 0 Å². The van der Waals surface area contributed by atoms with Crippen molar-refractivity contribution in [3.63, 3.8) is 0 Å². The molecule has 0 amide bonds. The van der Waals surface area contributed by atoms with Crippen molar-refractivity contribution in [3.05, 3.63) is 17.0 Å². The summed E-state index contributed by atoms with van der Waals surface area (Å²) in [6, 6.07) is 2.23. The molecule has 2 unspecified atom stereocenters. The summed E-state index contributed by atoms with van der Waals surface area (Å²) in [4.78, 5) is 2.30. The molecule has 3 heterocycles. The van der Waals surface area contributed by atoms with Crippen LogP contribution >= 0.6 is 11.3 Å². The van der Waals surface area contributed by atoms with Crippen LogP contribution < -0.4 is 0 Å². The topological polar surface area (TPSA) is 55.8 Å². The van der Waals surface area contributed by atoms with Gasteiger partial charge in [0.1, 0.15) is 4.21 Å². The van der Waals surface area contributed by atoms with Crippen LogP contribution in [0.5, 0.6) is 0 Å². The molecule has 2 bridgehead atoms. The summed E-state index contributed by atoms with van der Waals surface area (Å²) < 4.78 is 36.7. The smallest absolute Gasteiger partial charge is 0.195 e. The Morgan fingerprint density at radius 2 is 2.23 bits per heavy atom. The lowest BCUT2D eigenvalue weighted by atomic mass is 9.97. The number of thiophene rings is 1. The predicted molar refractivity (Wildman–Crippen MR) is 86.2 cm³/mol. The summed E-state index contributed by atoms with van der Waals surface area (Å²) >= 11 is 1.36. The van der Waals surface area contributed by atoms with E-state index < -0.39 is 14.6 Å². The molecule has 0 aromatic carbocycles. The summed E-state index contributed by atoms with van der Waals surface area (Å²) in [7, 11) is -1.65. The van der Waals surface area contributed by atoms with Gasteiger partial charge < -0.3 is 9.47 Å². The Morgan fingerprint density at radius 3 is 2.95 bits per heavy atom. The maximum atomic E-state index is 13.1. The lowest BCUT2D eigenvalue weighted by Gasteiger charge is -2.31. The first kappa shape index (κ1) is 16.4. The van der Waals surface area contributed by atoms with Gasteiger partial charge in [0.2, 0.25) is 0 Å². The highest BCUT2D eigenvalue weighted by Crippen LogP contribution is 2.54. The van der Waals surface area contributed by atoms with Crippen LogP contribution in [0, 0.1) is 0 Å². The number of likely N-dealkylation sites (tertiary alicyclic amines) is 1. The van der Waals surface area contributed by atoms with Gasteiger partial charge in [-0.25, -0.2) is 8.42 Å². The molecule has 7 heteroatoms. The van der Waals surface area contributed by atoms with E-state index in [1.165, 1.54) is 11.3 Å². The molecule has 1 aromatic rings. The summed E-state index contributed by atoms with van der Waals surface area (Å²) in [6.45, 7) is 5.11. The van der Waals surface area contributed by atoms with E-state index in [-0.39, 0.29) is 6.04 Å². The summed E-state index contributed by atoms with van der Waals surface area (Å²) in [5, 5.41) is 1.90. The minimum absolute atomic E-state index is 0.244. The lowest BCUT2D eigenvalue weighted by Crippen LogP contribution is -2.43. The highest BCUT2D eigenvalue weighted by Gasteiger charge is 2.58. The minimum Gasteiger partial charge on any atom is -0.382 e. The second kappa shape index (κ2) is 6.20. The van der Waals surface area contributed by atoms with E-state index >= 15 is 0 Å². The van der Waals surface area contributed by atoms with E-state index in [0.29, 0.717) is 43.4 Å². The van der Waals surface area contributed by atoms with Crippen molar-refractivity contribution >= 4 is 21.2 Å². The van der Waals surface area contributed by atoms with Crippen molar-refractivity contribution in [3.8, 4) is 0 Å². The Labute approximate surface area is 136 Å². The van der Waals surface area contributed by atoms with Crippen LogP contribution in [0.3, 0.4) is 0 Å². The van der Waals surface area contributed by atoms with Gasteiger partial charge in [0.15, 0.2) is 9.84 Å². The van der Waals surface area contributed by atoms with Crippen LogP contribution in [0.15, 0.2) is 15.7 Å². The Morgan fingerprint density at radius 1 is 1.41 bits per heavy atom. The molecule has 22 heavy (non-hydrogen) atoms. The Balaban J connectivity index is 1.84. The first-order valence-corrected chi connectivity index (χ1v) is 10.0. The number of rotatable bonds is 7. The maximum absolute atomic E-state index is 13.1. The fourth-order valence-corrected chi connectivity index (χ4v) is 7.50. The number of nitrogens with zero attached hydrogens (tertiary/aromatic N) is 1. The number of hydrogen-bond donors (Lipinski definition) is 0. The Kier molecular flexibility index (Phi) is 4.62. The number of hydrogen-bond acceptors (Lipinski definition) is 6. The fraction of sp³-hybridized carbons (Fsp3) is 0.733. The molecule has 2 atom stereocenters. The highest BCUT2D eigenvalue weighted by atomic mass is 32.2. The molecule has 1 fully saturated rings. The van der Waals surface area contributed by atoms with Crippen molar-refractivity contribution in [2.24, 2.45) is 0 Å². The molecule has 0 N–H and O–H groups in total. The van der Waals surface area contributed by atoms with E-state index in [0.717, 1.165) is 12.1 Å². The second-order valence-corrected chi connectivity index (χ2v) is 9.44. The molecule has 2 aliphatic heterocycles. The molecule has 124 valence electrons. The first-order chi connectivity index (χ1) is 10.6. The number of methoxy groups -OCH3 is 1. The lowest BCUT2D eigenvalue weighted by molar-refractivity contribution is 0.0655. The molecule has 1 saturated heterocycles. The largest absolute Gasteiger partial charge is 0.382 e. The van der Waals surface area contributed by atoms with E-state index in [9.17, 15) is 8.42 Å². The summed E-state index contributed by atoms with van der Waals surface area (Å²) in [5.41, 5.74) is 1.00. The van der Waals surface area contributed by atoms with E-state index in [4.69, 9.17) is 9.47 Å². The monoisotopic (exact) mass is 345 g/mol. The molecular formula is C15H23NO4S2. The zero-order valence-corrected chi connectivity index (χ0v) is 14.7. The van der Waals surface area contributed by atoms with Crippen LogP contribution in [-0.4, -0.2) is 58.1 Å². The van der Waals surface area contributed by atoms with Crippen molar-refractivity contribution in [1.82, 2.24) is 4.90 Å². The molecule has 1 aromatic heterocycles. The average Bonchev–Trinajstić information content (AvgIpc) is 3.10. The number of sulfone groups is 1.